The van der Waals surface area contributed by atoms with Gasteiger partial charge in [-0.15, -0.1) is 0 Å². The van der Waals surface area contributed by atoms with E-state index in [1.54, 1.807) is 12.1 Å². The van der Waals surface area contributed by atoms with Crippen molar-refractivity contribution in [2.45, 2.75) is 39.5 Å². The largest absolute Gasteiger partial charge is 0.503 e. The van der Waals surface area contributed by atoms with Crippen molar-refractivity contribution in [1.29, 1.82) is 0 Å². The van der Waals surface area contributed by atoms with Gasteiger partial charge in [0.05, 0.1) is 17.3 Å². The smallest absolute Gasteiger partial charge is 0.240 e. The summed E-state index contributed by atoms with van der Waals surface area (Å²) in [6, 6.07) is 3.36. The topological polar surface area (TPSA) is 70.9 Å². The number of halogens is 1. The zero-order chi connectivity index (χ0) is 15.7. The highest BCUT2D eigenvalue weighted by molar-refractivity contribution is 9.10. The molecule has 0 heterocycles. The summed E-state index contributed by atoms with van der Waals surface area (Å²) < 4.78 is 5.84. The first kappa shape index (κ1) is 17.5. The second kappa shape index (κ2) is 9.39. The number of unbranched alkanes of at least 4 members (excludes halogenated alkanes) is 2. The zero-order valence-electron chi connectivity index (χ0n) is 12.4. The quantitative estimate of drug-likeness (QED) is 0.424. The molecule has 0 spiro atoms. The van der Waals surface area contributed by atoms with Crippen LogP contribution in [0.25, 0.3) is 0 Å². The number of phenols is 1. The van der Waals surface area contributed by atoms with E-state index in [1.807, 2.05) is 6.92 Å². The molecule has 0 fully saturated rings. The average molecular weight is 357 g/mol. The maximum Gasteiger partial charge on any atom is 0.240 e. The molecule has 1 amide bonds. The Morgan fingerprint density at radius 2 is 2.19 bits per heavy atom. The normalized spacial score (nSPS) is 10.8. The number of ether oxygens (including phenoxy) is 1. The number of hydrogen-bond donors (Lipinski definition) is 2. The van der Waals surface area contributed by atoms with Gasteiger partial charge in [0.25, 0.3) is 0 Å². The second-order valence-electron chi connectivity index (χ2n) is 4.53. The van der Waals surface area contributed by atoms with Crippen LogP contribution in [-0.4, -0.2) is 23.8 Å². The molecule has 0 atom stereocenters. The number of hydrazone groups is 1. The summed E-state index contributed by atoms with van der Waals surface area (Å²) in [6.45, 7) is 4.38. The monoisotopic (exact) mass is 356 g/mol. The van der Waals surface area contributed by atoms with Gasteiger partial charge in [-0.3, -0.25) is 4.79 Å². The number of amides is 1. The summed E-state index contributed by atoms with van der Waals surface area (Å²) >= 11 is 3.25. The van der Waals surface area contributed by atoms with Crippen LogP contribution < -0.4 is 10.2 Å². The maximum atomic E-state index is 11.5. The first-order valence-electron chi connectivity index (χ1n) is 7.05. The van der Waals surface area contributed by atoms with Crippen LogP contribution >= 0.6 is 15.9 Å². The van der Waals surface area contributed by atoms with E-state index < -0.39 is 0 Å². The van der Waals surface area contributed by atoms with Crippen LogP contribution in [0.5, 0.6) is 11.5 Å². The Bertz CT molecular complexity index is 504. The number of nitrogens with zero attached hydrogens (tertiary/aromatic N) is 1. The van der Waals surface area contributed by atoms with Gasteiger partial charge in [-0.1, -0.05) is 19.8 Å². The van der Waals surface area contributed by atoms with E-state index in [2.05, 4.69) is 33.4 Å². The fraction of sp³-hybridized carbons (Fsp3) is 0.467. The summed E-state index contributed by atoms with van der Waals surface area (Å²) in [5.41, 5.74) is 3.21. The number of phenolic OH excluding ortho intramolecular Hbond substituents is 1. The lowest BCUT2D eigenvalue weighted by Crippen LogP contribution is -2.16. The van der Waals surface area contributed by atoms with Crippen LogP contribution in [0, 0.1) is 0 Å². The first-order chi connectivity index (χ1) is 10.1. The first-order valence-corrected chi connectivity index (χ1v) is 7.85. The SMILES string of the molecule is CCCCCC(=O)NN=Cc1cc(Br)c(O)c(OCC)c1. The van der Waals surface area contributed by atoms with Gasteiger partial charge in [0.1, 0.15) is 0 Å². The lowest BCUT2D eigenvalue weighted by Gasteiger charge is -2.08. The van der Waals surface area contributed by atoms with E-state index in [-0.39, 0.29) is 11.7 Å². The van der Waals surface area contributed by atoms with E-state index in [9.17, 15) is 9.90 Å². The minimum absolute atomic E-state index is 0.0533. The fourth-order valence-electron chi connectivity index (χ4n) is 1.70. The second-order valence-corrected chi connectivity index (χ2v) is 5.39. The summed E-state index contributed by atoms with van der Waals surface area (Å²) in [6.07, 6.45) is 4.99. The van der Waals surface area contributed by atoms with Crippen molar-refractivity contribution in [2.24, 2.45) is 5.10 Å². The zero-order valence-corrected chi connectivity index (χ0v) is 13.9. The van der Waals surface area contributed by atoms with Gasteiger partial charge in [0.15, 0.2) is 11.5 Å². The molecule has 0 bridgehead atoms. The van der Waals surface area contributed by atoms with Crippen molar-refractivity contribution in [2.75, 3.05) is 6.61 Å². The van der Waals surface area contributed by atoms with E-state index in [1.165, 1.54) is 6.21 Å². The number of carbonyl (C=O) groups excluding carboxylic acids is 1. The number of hydrogen-bond acceptors (Lipinski definition) is 4. The summed E-state index contributed by atoms with van der Waals surface area (Å²) in [5.74, 6) is 0.336. The molecule has 0 saturated carbocycles. The van der Waals surface area contributed by atoms with Gasteiger partial charge in [0, 0.05) is 6.42 Å². The molecule has 2 N–H and O–H groups in total. The molecule has 0 aliphatic heterocycles. The van der Waals surface area contributed by atoms with Gasteiger partial charge >= 0.3 is 0 Å². The lowest BCUT2D eigenvalue weighted by atomic mass is 10.2. The molecule has 0 unspecified atom stereocenters. The minimum atomic E-state index is -0.0948. The number of benzene rings is 1. The van der Waals surface area contributed by atoms with Crippen molar-refractivity contribution in [1.82, 2.24) is 5.43 Å². The number of nitrogens with one attached hydrogen (secondary N) is 1. The molecular formula is C15H21BrN2O3. The Kier molecular flexibility index (Phi) is 7.82. The van der Waals surface area contributed by atoms with Crippen molar-refractivity contribution in [3.63, 3.8) is 0 Å². The summed E-state index contributed by atoms with van der Waals surface area (Å²) in [5, 5.41) is 13.7. The van der Waals surface area contributed by atoms with Crippen LogP contribution in [0.1, 0.15) is 45.1 Å². The standard InChI is InChI=1S/C15H21BrN2O3/c1-3-5-6-7-14(19)18-17-10-11-8-12(16)15(20)13(9-11)21-4-2/h8-10,20H,3-7H2,1-2H3,(H,18,19). The Labute approximate surface area is 133 Å². The molecule has 6 heteroatoms. The number of rotatable bonds is 8. The van der Waals surface area contributed by atoms with Crippen molar-refractivity contribution >= 4 is 28.1 Å². The van der Waals surface area contributed by atoms with Crippen LogP contribution in [-0.2, 0) is 4.79 Å². The van der Waals surface area contributed by atoms with Crippen molar-refractivity contribution < 1.29 is 14.6 Å². The Morgan fingerprint density at radius 3 is 2.86 bits per heavy atom. The summed E-state index contributed by atoms with van der Waals surface area (Å²) in [4.78, 5) is 11.5. The number of carbonyl (C=O) groups is 1. The third-order valence-corrected chi connectivity index (χ3v) is 3.37. The fourth-order valence-corrected chi connectivity index (χ4v) is 2.16. The van der Waals surface area contributed by atoms with E-state index in [4.69, 9.17) is 4.74 Å². The predicted octanol–water partition coefficient (Wildman–Crippen LogP) is 3.58. The molecule has 5 nitrogen and oxygen atoms in total. The molecule has 0 aromatic heterocycles. The molecular weight excluding hydrogens is 336 g/mol. The van der Waals surface area contributed by atoms with Gasteiger partial charge in [0.2, 0.25) is 5.91 Å². The lowest BCUT2D eigenvalue weighted by molar-refractivity contribution is -0.121. The van der Waals surface area contributed by atoms with Crippen LogP contribution in [0.2, 0.25) is 0 Å². The molecule has 116 valence electrons. The van der Waals surface area contributed by atoms with Crippen LogP contribution in [0.15, 0.2) is 21.7 Å². The van der Waals surface area contributed by atoms with E-state index in [0.29, 0.717) is 23.2 Å². The minimum Gasteiger partial charge on any atom is -0.503 e. The maximum absolute atomic E-state index is 11.5. The Morgan fingerprint density at radius 1 is 1.43 bits per heavy atom. The van der Waals surface area contributed by atoms with Gasteiger partial charge in [-0.25, -0.2) is 5.43 Å². The van der Waals surface area contributed by atoms with Gasteiger partial charge < -0.3 is 9.84 Å². The third kappa shape index (κ3) is 6.16. The third-order valence-electron chi connectivity index (χ3n) is 2.76. The predicted molar refractivity (Wildman–Crippen MR) is 86.9 cm³/mol. The molecule has 0 aliphatic carbocycles. The number of aromatic hydroxyl groups is 1. The average Bonchev–Trinajstić information content (AvgIpc) is 2.45. The highest BCUT2D eigenvalue weighted by atomic mass is 79.9. The van der Waals surface area contributed by atoms with Crippen molar-refractivity contribution in [3.05, 3.63) is 22.2 Å². The van der Waals surface area contributed by atoms with Crippen molar-refractivity contribution in [3.8, 4) is 11.5 Å². The molecule has 0 radical (unpaired) electrons. The molecule has 1 aromatic carbocycles. The van der Waals surface area contributed by atoms with Crippen LogP contribution in [0.4, 0.5) is 0 Å². The van der Waals surface area contributed by atoms with Gasteiger partial charge in [-0.2, -0.15) is 5.10 Å². The van der Waals surface area contributed by atoms with E-state index >= 15 is 0 Å². The molecule has 0 aliphatic rings. The summed E-state index contributed by atoms with van der Waals surface area (Å²) in [7, 11) is 0. The molecule has 0 saturated heterocycles. The van der Waals surface area contributed by atoms with Gasteiger partial charge in [-0.05, 0) is 47.0 Å². The Hall–Kier alpha value is -1.56. The highest BCUT2D eigenvalue weighted by Crippen LogP contribution is 2.34. The molecule has 1 aromatic rings. The van der Waals surface area contributed by atoms with E-state index in [0.717, 1.165) is 24.8 Å². The molecule has 1 rings (SSSR count). The highest BCUT2D eigenvalue weighted by Gasteiger charge is 2.08. The Balaban J connectivity index is 2.61. The molecule has 21 heavy (non-hydrogen) atoms. The van der Waals surface area contributed by atoms with Crippen LogP contribution in [0.3, 0.4) is 0 Å².